The van der Waals surface area contributed by atoms with Gasteiger partial charge in [-0.05, 0) is 26.3 Å². The lowest BCUT2D eigenvalue weighted by Gasteiger charge is -2.32. The second-order valence-corrected chi connectivity index (χ2v) is 5.01. The molecular formula is C13H23N3O3. The van der Waals surface area contributed by atoms with Crippen molar-refractivity contribution in [3.8, 4) is 0 Å². The predicted molar refractivity (Wildman–Crippen MR) is 70.7 cm³/mol. The van der Waals surface area contributed by atoms with Gasteiger partial charge in [0.05, 0.1) is 19.2 Å². The molecule has 2 rings (SSSR count). The molecule has 1 atom stereocenters. The summed E-state index contributed by atoms with van der Waals surface area (Å²) < 4.78 is 4.96. The molecule has 2 fully saturated rings. The summed E-state index contributed by atoms with van der Waals surface area (Å²) in [6, 6.07) is -0.137. The van der Waals surface area contributed by atoms with Gasteiger partial charge in [0, 0.05) is 26.2 Å². The van der Waals surface area contributed by atoms with Crippen molar-refractivity contribution in [2.75, 3.05) is 45.9 Å². The Morgan fingerprint density at radius 2 is 2.00 bits per heavy atom. The van der Waals surface area contributed by atoms with Crippen LogP contribution in [-0.4, -0.2) is 73.6 Å². The van der Waals surface area contributed by atoms with Crippen molar-refractivity contribution >= 4 is 11.9 Å². The minimum Gasteiger partial charge on any atom is -0.465 e. The summed E-state index contributed by atoms with van der Waals surface area (Å²) in [5.74, 6) is -0.0641. The molecule has 6 nitrogen and oxygen atoms in total. The molecule has 1 unspecified atom stereocenters. The van der Waals surface area contributed by atoms with Gasteiger partial charge >= 0.3 is 5.97 Å². The van der Waals surface area contributed by atoms with E-state index in [0.29, 0.717) is 6.61 Å². The molecule has 0 aromatic carbocycles. The molecule has 2 saturated heterocycles. The largest absolute Gasteiger partial charge is 0.465 e. The maximum atomic E-state index is 12.5. The first kappa shape index (κ1) is 14.3. The fourth-order valence-corrected chi connectivity index (χ4v) is 2.76. The summed E-state index contributed by atoms with van der Waals surface area (Å²) in [6.07, 6.45) is 1.82. The molecule has 0 saturated carbocycles. The van der Waals surface area contributed by atoms with Crippen molar-refractivity contribution in [2.24, 2.45) is 0 Å². The molecule has 6 heteroatoms. The lowest BCUT2D eigenvalue weighted by molar-refractivity contribution is -0.146. The van der Waals surface area contributed by atoms with Crippen LogP contribution in [-0.2, 0) is 14.3 Å². The van der Waals surface area contributed by atoms with Gasteiger partial charge in [-0.15, -0.1) is 0 Å². The summed E-state index contributed by atoms with van der Waals surface area (Å²) in [4.78, 5) is 27.9. The smallest absolute Gasteiger partial charge is 0.320 e. The van der Waals surface area contributed by atoms with Gasteiger partial charge in [-0.25, -0.2) is 0 Å². The average Bonchev–Trinajstić information content (AvgIpc) is 2.87. The summed E-state index contributed by atoms with van der Waals surface area (Å²) in [7, 11) is 0. The minimum absolute atomic E-state index is 0.137. The molecule has 2 heterocycles. The standard InChI is InChI=1S/C13H23N3O3/c1-2-19-12(17)10-16-7-3-4-11(16)13(18)15-8-5-14-6-9-15/h11,14H,2-10H2,1H3. The highest BCUT2D eigenvalue weighted by atomic mass is 16.5. The Morgan fingerprint density at radius 3 is 2.68 bits per heavy atom. The molecule has 0 aliphatic carbocycles. The fraction of sp³-hybridized carbons (Fsp3) is 0.846. The number of carbonyl (C=O) groups excluding carboxylic acids is 2. The highest BCUT2D eigenvalue weighted by Gasteiger charge is 2.35. The molecule has 0 spiro atoms. The third-order valence-electron chi connectivity index (χ3n) is 3.71. The Bertz CT molecular complexity index is 329. The zero-order valence-corrected chi connectivity index (χ0v) is 11.6. The number of esters is 1. The number of piperazine rings is 1. The molecular weight excluding hydrogens is 246 g/mol. The highest BCUT2D eigenvalue weighted by Crippen LogP contribution is 2.19. The normalized spacial score (nSPS) is 24.5. The van der Waals surface area contributed by atoms with E-state index in [-0.39, 0.29) is 24.5 Å². The van der Waals surface area contributed by atoms with Gasteiger partial charge in [0.2, 0.25) is 5.91 Å². The van der Waals surface area contributed by atoms with Crippen LogP contribution in [0.15, 0.2) is 0 Å². The van der Waals surface area contributed by atoms with Gasteiger partial charge in [0.1, 0.15) is 0 Å². The van der Waals surface area contributed by atoms with E-state index in [1.165, 1.54) is 0 Å². The van der Waals surface area contributed by atoms with Gasteiger partial charge in [-0.3, -0.25) is 14.5 Å². The maximum absolute atomic E-state index is 12.5. The minimum atomic E-state index is -0.234. The number of likely N-dealkylation sites (tertiary alicyclic amines) is 1. The molecule has 1 amide bonds. The maximum Gasteiger partial charge on any atom is 0.320 e. The molecule has 0 aromatic rings. The highest BCUT2D eigenvalue weighted by molar-refractivity contribution is 5.83. The number of hydrogen-bond donors (Lipinski definition) is 1. The number of nitrogens with zero attached hydrogens (tertiary/aromatic N) is 2. The first-order valence-electron chi connectivity index (χ1n) is 7.11. The van der Waals surface area contributed by atoms with Crippen LogP contribution in [0.1, 0.15) is 19.8 Å². The van der Waals surface area contributed by atoms with Gasteiger partial charge in [0.25, 0.3) is 0 Å². The van der Waals surface area contributed by atoms with Crippen LogP contribution in [0.3, 0.4) is 0 Å². The lowest BCUT2D eigenvalue weighted by Crippen LogP contribution is -2.53. The summed E-state index contributed by atoms with van der Waals surface area (Å²) in [5.41, 5.74) is 0. The van der Waals surface area contributed by atoms with Crippen LogP contribution in [0.2, 0.25) is 0 Å². The lowest BCUT2D eigenvalue weighted by atomic mass is 10.1. The second kappa shape index (κ2) is 6.86. The molecule has 0 aromatic heterocycles. The Hall–Kier alpha value is -1.14. The number of ether oxygens (including phenoxy) is 1. The predicted octanol–water partition coefficient (Wildman–Crippen LogP) is -0.554. The number of rotatable bonds is 4. The third kappa shape index (κ3) is 3.67. The van der Waals surface area contributed by atoms with E-state index in [2.05, 4.69) is 5.32 Å². The molecule has 0 radical (unpaired) electrons. The van der Waals surface area contributed by atoms with Gasteiger partial charge in [-0.1, -0.05) is 0 Å². The van der Waals surface area contributed by atoms with Crippen LogP contribution in [0.25, 0.3) is 0 Å². The number of nitrogens with one attached hydrogen (secondary N) is 1. The van der Waals surface area contributed by atoms with Crippen LogP contribution >= 0.6 is 0 Å². The van der Waals surface area contributed by atoms with Crippen molar-refractivity contribution in [1.29, 1.82) is 0 Å². The van der Waals surface area contributed by atoms with Crippen LogP contribution < -0.4 is 5.32 Å². The first-order chi connectivity index (χ1) is 9.22. The quantitative estimate of drug-likeness (QED) is 0.694. The zero-order valence-electron chi connectivity index (χ0n) is 11.6. The van der Waals surface area contributed by atoms with Gasteiger partial charge in [0.15, 0.2) is 0 Å². The Morgan fingerprint density at radius 1 is 1.26 bits per heavy atom. The average molecular weight is 269 g/mol. The summed E-state index contributed by atoms with van der Waals surface area (Å²) in [6.45, 7) is 6.48. The van der Waals surface area contributed by atoms with E-state index >= 15 is 0 Å². The van der Waals surface area contributed by atoms with Crippen LogP contribution in [0.5, 0.6) is 0 Å². The Kier molecular flexibility index (Phi) is 5.15. The van der Waals surface area contributed by atoms with Crippen molar-refractivity contribution in [3.63, 3.8) is 0 Å². The number of carbonyl (C=O) groups is 2. The number of hydrogen-bond acceptors (Lipinski definition) is 5. The first-order valence-corrected chi connectivity index (χ1v) is 7.11. The molecule has 19 heavy (non-hydrogen) atoms. The van der Waals surface area contributed by atoms with Crippen molar-refractivity contribution in [2.45, 2.75) is 25.8 Å². The van der Waals surface area contributed by atoms with Crippen molar-refractivity contribution in [1.82, 2.24) is 15.1 Å². The molecule has 108 valence electrons. The molecule has 2 aliphatic heterocycles. The van der Waals surface area contributed by atoms with Gasteiger partial charge in [-0.2, -0.15) is 0 Å². The molecule has 2 aliphatic rings. The third-order valence-corrected chi connectivity index (χ3v) is 3.71. The second-order valence-electron chi connectivity index (χ2n) is 5.01. The van der Waals surface area contributed by atoms with E-state index in [1.807, 2.05) is 9.80 Å². The molecule has 1 N–H and O–H groups in total. The van der Waals surface area contributed by atoms with Crippen LogP contribution in [0.4, 0.5) is 0 Å². The molecule has 0 bridgehead atoms. The zero-order chi connectivity index (χ0) is 13.7. The fourth-order valence-electron chi connectivity index (χ4n) is 2.76. The summed E-state index contributed by atoms with van der Waals surface area (Å²) in [5, 5.41) is 3.24. The summed E-state index contributed by atoms with van der Waals surface area (Å²) >= 11 is 0. The van der Waals surface area contributed by atoms with Crippen molar-refractivity contribution in [3.05, 3.63) is 0 Å². The topological polar surface area (TPSA) is 61.9 Å². The van der Waals surface area contributed by atoms with Crippen molar-refractivity contribution < 1.29 is 14.3 Å². The Balaban J connectivity index is 1.90. The monoisotopic (exact) mass is 269 g/mol. The number of amides is 1. The van der Waals surface area contributed by atoms with E-state index in [0.717, 1.165) is 45.6 Å². The van der Waals surface area contributed by atoms with E-state index < -0.39 is 0 Å². The van der Waals surface area contributed by atoms with E-state index in [4.69, 9.17) is 4.74 Å². The van der Waals surface area contributed by atoms with Gasteiger partial charge < -0.3 is 15.0 Å². The van der Waals surface area contributed by atoms with E-state index in [9.17, 15) is 9.59 Å². The Labute approximate surface area is 114 Å². The SMILES string of the molecule is CCOC(=O)CN1CCCC1C(=O)N1CCNCC1. The van der Waals surface area contributed by atoms with E-state index in [1.54, 1.807) is 6.92 Å². The van der Waals surface area contributed by atoms with Crippen LogP contribution in [0, 0.1) is 0 Å².